The Morgan fingerprint density at radius 3 is 2.03 bits per heavy atom. The third-order valence-electron chi connectivity index (χ3n) is 6.67. The maximum atomic E-state index is 5.09. The molecule has 5 aromatic carbocycles. The molecule has 0 saturated heterocycles. The highest BCUT2D eigenvalue weighted by Gasteiger charge is 2.15. The Bertz CT molecular complexity index is 1890. The molecule has 0 aliphatic rings. The van der Waals surface area contributed by atoms with E-state index in [1.54, 1.807) is 0 Å². The molecule has 0 radical (unpaired) electrons. The number of halogens is 1. The third-order valence-corrected chi connectivity index (χ3v) is 7.19. The van der Waals surface area contributed by atoms with Crippen LogP contribution in [0.15, 0.2) is 126 Å². The molecule has 7 aromatic rings. The molecule has 36 heavy (non-hydrogen) atoms. The summed E-state index contributed by atoms with van der Waals surface area (Å²) in [6.07, 6.45) is 0. The van der Waals surface area contributed by atoms with E-state index in [-0.39, 0.29) is 0 Å². The molecule has 0 fully saturated rings. The van der Waals surface area contributed by atoms with Gasteiger partial charge in [-0.15, -0.1) is 0 Å². The number of nitrogens with zero attached hydrogens (tertiary/aromatic N) is 3. The van der Waals surface area contributed by atoms with Gasteiger partial charge in [-0.05, 0) is 54.6 Å². The second-order valence-electron chi connectivity index (χ2n) is 8.84. The lowest BCUT2D eigenvalue weighted by atomic mass is 10.0. The average Bonchev–Trinajstić information content (AvgIpc) is 3.27. The smallest absolute Gasteiger partial charge is 0.160 e. The number of hydrogen-bond acceptors (Lipinski definition) is 2. The Labute approximate surface area is 216 Å². The highest BCUT2D eigenvalue weighted by atomic mass is 79.9. The topological polar surface area (TPSA) is 30.7 Å². The summed E-state index contributed by atoms with van der Waals surface area (Å²) in [6.45, 7) is 0. The second-order valence-corrected chi connectivity index (χ2v) is 9.76. The summed E-state index contributed by atoms with van der Waals surface area (Å²) in [5, 5.41) is 3.45. The number of rotatable bonds is 3. The van der Waals surface area contributed by atoms with Crippen LogP contribution in [0.25, 0.3) is 61.0 Å². The predicted octanol–water partition coefficient (Wildman–Crippen LogP) is 8.82. The maximum Gasteiger partial charge on any atom is 0.160 e. The Hall–Kier alpha value is -4.28. The minimum absolute atomic E-state index is 0.727. The van der Waals surface area contributed by atoms with Gasteiger partial charge < -0.3 is 4.57 Å². The van der Waals surface area contributed by atoms with Crippen molar-refractivity contribution < 1.29 is 0 Å². The minimum atomic E-state index is 0.727. The van der Waals surface area contributed by atoms with Crippen LogP contribution in [0.1, 0.15) is 0 Å². The summed E-state index contributed by atoms with van der Waals surface area (Å²) in [6, 6.07) is 42.1. The predicted molar refractivity (Wildman–Crippen MR) is 152 cm³/mol. The highest BCUT2D eigenvalue weighted by Crippen LogP contribution is 2.35. The van der Waals surface area contributed by atoms with Gasteiger partial charge in [-0.1, -0.05) is 82.7 Å². The quantitative estimate of drug-likeness (QED) is 0.230. The first-order chi connectivity index (χ1) is 17.8. The Balaban J connectivity index is 1.48. The molecule has 170 valence electrons. The minimum Gasteiger partial charge on any atom is -0.309 e. The first-order valence-electron chi connectivity index (χ1n) is 11.9. The van der Waals surface area contributed by atoms with E-state index in [2.05, 4.69) is 130 Å². The summed E-state index contributed by atoms with van der Waals surface area (Å²) in [5.74, 6) is 0.727. The van der Waals surface area contributed by atoms with Crippen molar-refractivity contribution in [2.24, 2.45) is 0 Å². The summed E-state index contributed by atoms with van der Waals surface area (Å²) in [5.41, 5.74) is 7.45. The lowest BCUT2D eigenvalue weighted by Gasteiger charge is -2.10. The van der Waals surface area contributed by atoms with Crippen molar-refractivity contribution in [2.45, 2.75) is 0 Å². The van der Waals surface area contributed by atoms with Crippen molar-refractivity contribution in [3.63, 3.8) is 0 Å². The largest absolute Gasteiger partial charge is 0.309 e. The molecule has 0 aliphatic carbocycles. The first kappa shape index (κ1) is 21.0. The van der Waals surface area contributed by atoms with Gasteiger partial charge in [0.25, 0.3) is 0 Å². The molecule has 4 heteroatoms. The fraction of sp³-hybridized carbons (Fsp3) is 0. The van der Waals surface area contributed by atoms with E-state index in [4.69, 9.17) is 9.97 Å². The standard InChI is InChI=1S/C32H20BrN3/c33-23-17-14-21(15-18-23)31-26-11-4-6-12-28(26)34-32(35-31)22-16-19-30-27(20-22)25-10-5-7-13-29(25)36(30)24-8-2-1-3-9-24/h1-20H. The van der Waals surface area contributed by atoms with E-state index >= 15 is 0 Å². The van der Waals surface area contributed by atoms with Crippen molar-refractivity contribution in [3.05, 3.63) is 126 Å². The van der Waals surface area contributed by atoms with Gasteiger partial charge in [0.15, 0.2) is 5.82 Å². The zero-order chi connectivity index (χ0) is 24.1. The highest BCUT2D eigenvalue weighted by molar-refractivity contribution is 9.10. The van der Waals surface area contributed by atoms with Crippen LogP contribution in [0.5, 0.6) is 0 Å². The van der Waals surface area contributed by atoms with Gasteiger partial charge >= 0.3 is 0 Å². The van der Waals surface area contributed by atoms with Crippen molar-refractivity contribution in [2.75, 3.05) is 0 Å². The van der Waals surface area contributed by atoms with Crippen LogP contribution in [0, 0.1) is 0 Å². The van der Waals surface area contributed by atoms with E-state index in [1.165, 1.54) is 21.8 Å². The number of hydrogen-bond donors (Lipinski definition) is 0. The lowest BCUT2D eigenvalue weighted by Crippen LogP contribution is -1.96. The van der Waals surface area contributed by atoms with E-state index in [9.17, 15) is 0 Å². The van der Waals surface area contributed by atoms with Crippen LogP contribution in [0.3, 0.4) is 0 Å². The number of aromatic nitrogens is 3. The summed E-state index contributed by atoms with van der Waals surface area (Å²) in [7, 11) is 0. The molecular formula is C32H20BrN3. The van der Waals surface area contributed by atoms with Crippen LogP contribution in [-0.2, 0) is 0 Å². The van der Waals surface area contributed by atoms with E-state index in [1.807, 2.05) is 12.1 Å². The van der Waals surface area contributed by atoms with Gasteiger partial charge in [-0.3, -0.25) is 0 Å². The zero-order valence-corrected chi connectivity index (χ0v) is 20.9. The molecule has 7 rings (SSSR count). The van der Waals surface area contributed by atoms with Gasteiger partial charge in [-0.2, -0.15) is 0 Å². The maximum absolute atomic E-state index is 5.09. The Kier molecular flexibility index (Phi) is 4.93. The molecule has 0 saturated carbocycles. The summed E-state index contributed by atoms with van der Waals surface area (Å²) in [4.78, 5) is 10.1. The summed E-state index contributed by atoms with van der Waals surface area (Å²) < 4.78 is 3.37. The second kappa shape index (κ2) is 8.43. The average molecular weight is 526 g/mol. The van der Waals surface area contributed by atoms with Gasteiger partial charge in [0.2, 0.25) is 0 Å². The molecule has 3 nitrogen and oxygen atoms in total. The molecule has 0 aliphatic heterocycles. The van der Waals surface area contributed by atoms with Crippen LogP contribution >= 0.6 is 15.9 Å². The molecule has 2 heterocycles. The van der Waals surface area contributed by atoms with Crippen molar-refractivity contribution in [3.8, 4) is 28.3 Å². The van der Waals surface area contributed by atoms with Crippen molar-refractivity contribution in [1.82, 2.24) is 14.5 Å². The first-order valence-corrected chi connectivity index (χ1v) is 12.7. The van der Waals surface area contributed by atoms with Gasteiger partial charge in [0, 0.05) is 37.4 Å². The van der Waals surface area contributed by atoms with E-state index in [0.717, 1.165) is 43.7 Å². The third kappa shape index (κ3) is 3.42. The van der Waals surface area contributed by atoms with Gasteiger partial charge in [0.05, 0.1) is 22.2 Å². The number of fused-ring (bicyclic) bond motifs is 4. The van der Waals surface area contributed by atoms with E-state index in [0.29, 0.717) is 0 Å². The normalized spacial score (nSPS) is 11.5. The molecule has 0 atom stereocenters. The van der Waals surface area contributed by atoms with Gasteiger partial charge in [-0.25, -0.2) is 9.97 Å². The van der Waals surface area contributed by atoms with Crippen LogP contribution < -0.4 is 0 Å². The zero-order valence-electron chi connectivity index (χ0n) is 19.3. The van der Waals surface area contributed by atoms with Crippen molar-refractivity contribution in [1.29, 1.82) is 0 Å². The molecule has 0 N–H and O–H groups in total. The SMILES string of the molecule is Brc1ccc(-c2nc(-c3ccc4c(c3)c3ccccc3n4-c3ccccc3)nc3ccccc23)cc1. The van der Waals surface area contributed by atoms with E-state index < -0.39 is 0 Å². The molecule has 0 spiro atoms. The lowest BCUT2D eigenvalue weighted by molar-refractivity contribution is 1.18. The molecule has 0 amide bonds. The molecular weight excluding hydrogens is 506 g/mol. The fourth-order valence-electron chi connectivity index (χ4n) is 5.00. The molecule has 0 bridgehead atoms. The Morgan fingerprint density at radius 1 is 0.528 bits per heavy atom. The van der Waals surface area contributed by atoms with Crippen molar-refractivity contribution >= 4 is 48.6 Å². The number of benzene rings is 5. The Morgan fingerprint density at radius 2 is 1.19 bits per heavy atom. The van der Waals surface area contributed by atoms with Crippen LogP contribution in [0.2, 0.25) is 0 Å². The van der Waals surface area contributed by atoms with Gasteiger partial charge in [0.1, 0.15) is 0 Å². The fourth-order valence-corrected chi connectivity index (χ4v) is 5.27. The summed E-state index contributed by atoms with van der Waals surface area (Å²) >= 11 is 3.55. The van der Waals surface area contributed by atoms with Crippen LogP contribution in [0.4, 0.5) is 0 Å². The monoisotopic (exact) mass is 525 g/mol. The number of para-hydroxylation sites is 3. The van der Waals surface area contributed by atoms with Crippen LogP contribution in [-0.4, -0.2) is 14.5 Å². The molecule has 0 unspecified atom stereocenters. The molecule has 2 aromatic heterocycles.